The third kappa shape index (κ3) is 4.33. The summed E-state index contributed by atoms with van der Waals surface area (Å²) < 4.78 is 16.3. The van der Waals surface area contributed by atoms with Crippen molar-refractivity contribution in [1.29, 1.82) is 0 Å². The number of rotatable bonds is 7. The van der Waals surface area contributed by atoms with Crippen molar-refractivity contribution in [3.8, 4) is 17.4 Å². The van der Waals surface area contributed by atoms with Crippen molar-refractivity contribution >= 4 is 12.0 Å². The molecule has 0 atom stereocenters. The lowest BCUT2D eigenvalue weighted by molar-refractivity contribution is -0.116. The van der Waals surface area contributed by atoms with E-state index in [-0.39, 0.29) is 12.7 Å². The van der Waals surface area contributed by atoms with E-state index in [1.54, 1.807) is 12.3 Å². The summed E-state index contributed by atoms with van der Waals surface area (Å²) in [5.74, 6) is 2.55. The van der Waals surface area contributed by atoms with Crippen molar-refractivity contribution in [2.45, 2.75) is 19.4 Å². The zero-order chi connectivity index (χ0) is 17.8. The van der Waals surface area contributed by atoms with Gasteiger partial charge in [-0.15, -0.1) is 0 Å². The molecular formula is C20H20N2O4. The van der Waals surface area contributed by atoms with Crippen molar-refractivity contribution in [3.63, 3.8) is 0 Å². The molecule has 2 aliphatic rings. The molecule has 2 aromatic rings. The summed E-state index contributed by atoms with van der Waals surface area (Å²) >= 11 is 0. The first-order valence-electron chi connectivity index (χ1n) is 8.69. The number of carbonyl (C=O) groups excluding carboxylic acids is 1. The first-order valence-corrected chi connectivity index (χ1v) is 8.69. The normalized spacial score (nSPS) is 15.2. The first-order chi connectivity index (χ1) is 12.8. The van der Waals surface area contributed by atoms with Crippen LogP contribution >= 0.6 is 0 Å². The predicted octanol–water partition coefficient (Wildman–Crippen LogP) is 2.93. The Hall–Kier alpha value is -3.02. The molecule has 134 valence electrons. The van der Waals surface area contributed by atoms with Gasteiger partial charge in [-0.1, -0.05) is 6.07 Å². The van der Waals surface area contributed by atoms with E-state index >= 15 is 0 Å². The van der Waals surface area contributed by atoms with Gasteiger partial charge in [0.05, 0.1) is 6.61 Å². The average Bonchev–Trinajstić information content (AvgIpc) is 3.38. The average molecular weight is 352 g/mol. The molecule has 0 radical (unpaired) electrons. The molecule has 1 aromatic heterocycles. The van der Waals surface area contributed by atoms with Crippen LogP contribution < -0.4 is 19.5 Å². The number of hydrogen-bond donors (Lipinski definition) is 1. The number of pyridine rings is 1. The van der Waals surface area contributed by atoms with Crippen molar-refractivity contribution < 1.29 is 19.0 Å². The zero-order valence-electron chi connectivity index (χ0n) is 14.3. The van der Waals surface area contributed by atoms with Crippen molar-refractivity contribution in [2.75, 3.05) is 13.4 Å². The van der Waals surface area contributed by atoms with Gasteiger partial charge < -0.3 is 19.5 Å². The minimum absolute atomic E-state index is 0.167. The van der Waals surface area contributed by atoms with E-state index in [2.05, 4.69) is 10.3 Å². The third-order valence-corrected chi connectivity index (χ3v) is 4.25. The second-order valence-electron chi connectivity index (χ2n) is 6.42. The van der Waals surface area contributed by atoms with Crippen LogP contribution in [0.5, 0.6) is 17.4 Å². The molecule has 1 amide bonds. The number of aromatic nitrogens is 1. The molecule has 1 aliphatic carbocycles. The van der Waals surface area contributed by atoms with Gasteiger partial charge in [-0.05, 0) is 54.2 Å². The maximum Gasteiger partial charge on any atom is 0.244 e. The fourth-order valence-corrected chi connectivity index (χ4v) is 2.56. The molecule has 1 aliphatic heterocycles. The monoisotopic (exact) mass is 352 g/mol. The fourth-order valence-electron chi connectivity index (χ4n) is 2.56. The number of nitrogens with one attached hydrogen (secondary N) is 1. The lowest BCUT2D eigenvalue weighted by Gasteiger charge is -2.07. The van der Waals surface area contributed by atoms with E-state index in [1.807, 2.05) is 30.3 Å². The highest BCUT2D eigenvalue weighted by molar-refractivity contribution is 5.91. The van der Waals surface area contributed by atoms with E-state index in [1.165, 1.54) is 18.9 Å². The lowest BCUT2D eigenvalue weighted by Crippen LogP contribution is -2.20. The molecule has 1 N–H and O–H groups in total. The van der Waals surface area contributed by atoms with Crippen molar-refractivity contribution in [2.24, 2.45) is 5.92 Å². The Morgan fingerprint density at radius 1 is 1.23 bits per heavy atom. The third-order valence-electron chi connectivity index (χ3n) is 4.25. The number of fused-ring (bicyclic) bond motifs is 1. The first kappa shape index (κ1) is 16.4. The summed E-state index contributed by atoms with van der Waals surface area (Å²) in [4.78, 5) is 16.2. The molecule has 1 aromatic carbocycles. The van der Waals surface area contributed by atoms with Gasteiger partial charge in [0, 0.05) is 24.9 Å². The highest BCUT2D eigenvalue weighted by Crippen LogP contribution is 2.32. The Bertz CT molecular complexity index is 830. The second kappa shape index (κ2) is 7.47. The number of benzene rings is 1. The van der Waals surface area contributed by atoms with E-state index in [0.29, 0.717) is 24.1 Å². The van der Waals surface area contributed by atoms with Gasteiger partial charge in [-0.2, -0.15) is 0 Å². The summed E-state index contributed by atoms with van der Waals surface area (Å²) in [6.07, 6.45) is 7.43. The topological polar surface area (TPSA) is 69.7 Å². The number of carbonyl (C=O) groups is 1. The van der Waals surface area contributed by atoms with E-state index in [4.69, 9.17) is 14.2 Å². The minimum atomic E-state index is -0.167. The van der Waals surface area contributed by atoms with Gasteiger partial charge >= 0.3 is 0 Å². The van der Waals surface area contributed by atoms with Crippen LogP contribution in [0.4, 0.5) is 0 Å². The molecule has 26 heavy (non-hydrogen) atoms. The SMILES string of the molecule is O=C(/C=C/c1ccc2c(c1)OCO2)NCc1ccnc(OCC2CC2)c1. The Labute approximate surface area is 151 Å². The molecule has 6 nitrogen and oxygen atoms in total. The number of ether oxygens (including phenoxy) is 3. The summed E-state index contributed by atoms with van der Waals surface area (Å²) in [6.45, 7) is 1.38. The molecule has 1 fully saturated rings. The van der Waals surface area contributed by atoms with Crippen LogP contribution in [0.2, 0.25) is 0 Å². The Kier molecular flexibility index (Phi) is 4.73. The van der Waals surface area contributed by atoms with Crippen LogP contribution in [0.25, 0.3) is 6.08 Å². The number of amides is 1. The largest absolute Gasteiger partial charge is 0.477 e. The molecule has 0 saturated heterocycles. The zero-order valence-corrected chi connectivity index (χ0v) is 14.3. The van der Waals surface area contributed by atoms with Crippen LogP contribution in [-0.4, -0.2) is 24.3 Å². The van der Waals surface area contributed by atoms with Gasteiger partial charge in [-0.25, -0.2) is 4.98 Å². The summed E-state index contributed by atoms with van der Waals surface area (Å²) in [5.41, 5.74) is 1.83. The Morgan fingerprint density at radius 3 is 3.00 bits per heavy atom. The molecule has 0 unspecified atom stereocenters. The van der Waals surface area contributed by atoms with E-state index < -0.39 is 0 Å². The fraction of sp³-hybridized carbons (Fsp3) is 0.300. The predicted molar refractivity (Wildman–Crippen MR) is 95.9 cm³/mol. The van der Waals surface area contributed by atoms with Crippen LogP contribution in [0.1, 0.15) is 24.0 Å². The Morgan fingerprint density at radius 2 is 2.12 bits per heavy atom. The van der Waals surface area contributed by atoms with Crippen LogP contribution in [0.15, 0.2) is 42.6 Å². The molecule has 2 heterocycles. The molecule has 0 bridgehead atoms. The van der Waals surface area contributed by atoms with Crippen LogP contribution in [0.3, 0.4) is 0 Å². The highest BCUT2D eigenvalue weighted by atomic mass is 16.7. The Balaban J connectivity index is 1.28. The quantitative estimate of drug-likeness (QED) is 0.776. The van der Waals surface area contributed by atoms with Gasteiger partial charge in [0.15, 0.2) is 11.5 Å². The van der Waals surface area contributed by atoms with E-state index in [9.17, 15) is 4.79 Å². The highest BCUT2D eigenvalue weighted by Gasteiger charge is 2.22. The molecule has 1 saturated carbocycles. The lowest BCUT2D eigenvalue weighted by atomic mass is 10.2. The van der Waals surface area contributed by atoms with Gasteiger partial charge in [0.1, 0.15) is 0 Å². The number of nitrogens with zero attached hydrogens (tertiary/aromatic N) is 1. The maximum absolute atomic E-state index is 12.0. The van der Waals surface area contributed by atoms with Crippen molar-refractivity contribution in [3.05, 3.63) is 53.7 Å². The molecular weight excluding hydrogens is 332 g/mol. The molecule has 6 heteroatoms. The van der Waals surface area contributed by atoms with Gasteiger partial charge in [-0.3, -0.25) is 4.79 Å². The smallest absolute Gasteiger partial charge is 0.244 e. The van der Waals surface area contributed by atoms with E-state index in [0.717, 1.165) is 23.5 Å². The summed E-state index contributed by atoms with van der Waals surface area (Å²) in [5, 5.41) is 2.86. The summed E-state index contributed by atoms with van der Waals surface area (Å²) in [6, 6.07) is 9.29. The standard InChI is InChI=1S/C20H20N2O4/c23-19(6-4-14-3-5-17-18(9-14)26-13-25-17)22-11-16-7-8-21-20(10-16)24-12-15-1-2-15/h3-10,15H,1-2,11-13H2,(H,22,23)/b6-4+. The second-order valence-corrected chi connectivity index (χ2v) is 6.42. The molecule has 0 spiro atoms. The van der Waals surface area contributed by atoms with Gasteiger partial charge in [0.25, 0.3) is 0 Å². The van der Waals surface area contributed by atoms with Crippen LogP contribution in [-0.2, 0) is 11.3 Å². The summed E-state index contributed by atoms with van der Waals surface area (Å²) in [7, 11) is 0. The van der Waals surface area contributed by atoms with Gasteiger partial charge in [0.2, 0.25) is 18.6 Å². The van der Waals surface area contributed by atoms with Crippen molar-refractivity contribution in [1.82, 2.24) is 10.3 Å². The number of hydrogen-bond acceptors (Lipinski definition) is 5. The van der Waals surface area contributed by atoms with Crippen LogP contribution in [0, 0.1) is 5.92 Å². The maximum atomic E-state index is 12.0. The molecule has 4 rings (SSSR count). The minimum Gasteiger partial charge on any atom is -0.477 e.